The highest BCUT2D eigenvalue weighted by molar-refractivity contribution is 4.94. The molecule has 0 radical (unpaired) electrons. The second-order valence-corrected chi connectivity index (χ2v) is 1.89. The van der Waals surface area contributed by atoms with E-state index >= 15 is 0 Å². The minimum absolute atomic E-state index is 0.0891. The standard InChI is InChI=1S/C6H10O2/c1-2-3-5(7)6-4-8-6/h2-3,5-7H,4H2,1H3/b3-2+/t5-,6-/m0/s1. The molecule has 0 aromatic carbocycles. The number of ether oxygens (including phenoxy) is 1. The zero-order valence-corrected chi connectivity index (χ0v) is 4.87. The molecule has 1 rings (SSSR count). The molecule has 1 saturated heterocycles. The molecular weight excluding hydrogens is 104 g/mol. The van der Waals surface area contributed by atoms with Crippen LogP contribution in [0.1, 0.15) is 6.92 Å². The Labute approximate surface area is 48.8 Å². The van der Waals surface area contributed by atoms with Gasteiger partial charge in [-0.15, -0.1) is 0 Å². The summed E-state index contributed by atoms with van der Waals surface area (Å²) < 4.78 is 4.82. The molecule has 1 aliphatic heterocycles. The fraction of sp³-hybridized carbons (Fsp3) is 0.667. The second kappa shape index (κ2) is 2.29. The molecule has 1 aliphatic rings. The van der Waals surface area contributed by atoms with Crippen LogP contribution in [-0.2, 0) is 4.74 Å². The van der Waals surface area contributed by atoms with Crippen molar-refractivity contribution in [2.45, 2.75) is 19.1 Å². The van der Waals surface area contributed by atoms with Crippen LogP contribution in [0.2, 0.25) is 0 Å². The zero-order chi connectivity index (χ0) is 5.98. The van der Waals surface area contributed by atoms with Gasteiger partial charge < -0.3 is 9.84 Å². The predicted octanol–water partition coefficient (Wildman–Crippen LogP) is 0.322. The van der Waals surface area contributed by atoms with E-state index in [4.69, 9.17) is 9.84 Å². The van der Waals surface area contributed by atoms with Crippen LogP contribution in [0.5, 0.6) is 0 Å². The van der Waals surface area contributed by atoms with Crippen molar-refractivity contribution in [2.24, 2.45) is 0 Å². The third kappa shape index (κ3) is 1.32. The number of rotatable bonds is 2. The molecule has 0 unspecified atom stereocenters. The molecule has 0 aromatic rings. The summed E-state index contributed by atoms with van der Waals surface area (Å²) in [7, 11) is 0. The monoisotopic (exact) mass is 114 g/mol. The van der Waals surface area contributed by atoms with Gasteiger partial charge in [-0.1, -0.05) is 12.2 Å². The Bertz CT molecular complexity index is 94.7. The predicted molar refractivity (Wildman–Crippen MR) is 30.6 cm³/mol. The fourth-order valence-corrected chi connectivity index (χ4v) is 0.574. The summed E-state index contributed by atoms with van der Waals surface area (Å²) in [5.74, 6) is 0. The number of allylic oxidation sites excluding steroid dienone is 1. The Balaban J connectivity index is 2.22. The SMILES string of the molecule is C/C=C/[C@H](O)[C@@H]1CO1. The van der Waals surface area contributed by atoms with Crippen molar-refractivity contribution in [1.29, 1.82) is 0 Å². The van der Waals surface area contributed by atoms with Gasteiger partial charge in [-0.25, -0.2) is 0 Å². The molecule has 2 heteroatoms. The minimum Gasteiger partial charge on any atom is -0.386 e. The van der Waals surface area contributed by atoms with Crippen LogP contribution < -0.4 is 0 Å². The molecule has 1 heterocycles. The Morgan fingerprint density at radius 1 is 1.88 bits per heavy atom. The summed E-state index contributed by atoms with van der Waals surface area (Å²) in [6.45, 7) is 2.59. The van der Waals surface area contributed by atoms with E-state index < -0.39 is 0 Å². The molecule has 0 aliphatic carbocycles. The van der Waals surface area contributed by atoms with Gasteiger partial charge >= 0.3 is 0 Å². The number of aliphatic hydroxyl groups excluding tert-OH is 1. The van der Waals surface area contributed by atoms with Gasteiger partial charge in [0.15, 0.2) is 0 Å². The number of hydrogen-bond donors (Lipinski definition) is 1. The van der Waals surface area contributed by atoms with Gasteiger partial charge in [-0.3, -0.25) is 0 Å². The van der Waals surface area contributed by atoms with Crippen LogP contribution in [0.25, 0.3) is 0 Å². The molecule has 1 fully saturated rings. The highest BCUT2D eigenvalue weighted by Gasteiger charge is 2.28. The maximum Gasteiger partial charge on any atom is 0.110 e. The first-order valence-electron chi connectivity index (χ1n) is 2.77. The van der Waals surface area contributed by atoms with Gasteiger partial charge in [0.25, 0.3) is 0 Å². The molecule has 2 atom stereocenters. The lowest BCUT2D eigenvalue weighted by Crippen LogP contribution is -2.09. The first-order chi connectivity index (χ1) is 3.84. The first-order valence-corrected chi connectivity index (χ1v) is 2.77. The summed E-state index contributed by atoms with van der Waals surface area (Å²) in [6.07, 6.45) is 3.27. The van der Waals surface area contributed by atoms with Gasteiger partial charge in [0.2, 0.25) is 0 Å². The van der Waals surface area contributed by atoms with Gasteiger partial charge in [-0.05, 0) is 6.92 Å². The summed E-state index contributed by atoms with van der Waals surface area (Å²) in [5.41, 5.74) is 0. The average Bonchev–Trinajstić information content (AvgIpc) is 2.45. The summed E-state index contributed by atoms with van der Waals surface area (Å²) in [5, 5.41) is 8.98. The summed E-state index contributed by atoms with van der Waals surface area (Å²) in [6, 6.07) is 0. The fourth-order valence-electron chi connectivity index (χ4n) is 0.574. The van der Waals surface area contributed by atoms with Crippen molar-refractivity contribution in [3.63, 3.8) is 0 Å². The molecular formula is C6H10O2. The van der Waals surface area contributed by atoms with E-state index in [1.807, 2.05) is 13.0 Å². The minimum atomic E-state index is -0.375. The third-order valence-electron chi connectivity index (χ3n) is 1.13. The number of aliphatic hydroxyl groups is 1. The highest BCUT2D eigenvalue weighted by Crippen LogP contribution is 2.14. The maximum atomic E-state index is 8.98. The first kappa shape index (κ1) is 5.79. The van der Waals surface area contributed by atoms with Crippen LogP contribution in [0.15, 0.2) is 12.2 Å². The molecule has 2 nitrogen and oxygen atoms in total. The smallest absolute Gasteiger partial charge is 0.110 e. The third-order valence-corrected chi connectivity index (χ3v) is 1.13. The molecule has 8 heavy (non-hydrogen) atoms. The molecule has 0 saturated carbocycles. The Morgan fingerprint density at radius 2 is 2.50 bits per heavy atom. The molecule has 1 N–H and O–H groups in total. The Kier molecular flexibility index (Phi) is 1.65. The number of hydrogen-bond acceptors (Lipinski definition) is 2. The van der Waals surface area contributed by atoms with Crippen LogP contribution in [0.3, 0.4) is 0 Å². The van der Waals surface area contributed by atoms with E-state index in [9.17, 15) is 0 Å². The Morgan fingerprint density at radius 3 is 2.88 bits per heavy atom. The topological polar surface area (TPSA) is 32.8 Å². The molecule has 0 spiro atoms. The molecule has 0 bridgehead atoms. The lowest BCUT2D eigenvalue weighted by Gasteiger charge is -1.95. The van der Waals surface area contributed by atoms with Crippen molar-refractivity contribution in [1.82, 2.24) is 0 Å². The van der Waals surface area contributed by atoms with Crippen LogP contribution in [0.4, 0.5) is 0 Å². The normalized spacial score (nSPS) is 31.0. The van der Waals surface area contributed by atoms with Gasteiger partial charge in [0.05, 0.1) is 6.61 Å². The van der Waals surface area contributed by atoms with E-state index in [1.165, 1.54) is 0 Å². The summed E-state index contributed by atoms with van der Waals surface area (Å²) >= 11 is 0. The highest BCUT2D eigenvalue weighted by atomic mass is 16.6. The van der Waals surface area contributed by atoms with Crippen molar-refractivity contribution in [2.75, 3.05) is 6.61 Å². The van der Waals surface area contributed by atoms with E-state index in [-0.39, 0.29) is 12.2 Å². The van der Waals surface area contributed by atoms with Crippen LogP contribution in [-0.4, -0.2) is 23.9 Å². The van der Waals surface area contributed by atoms with Crippen LogP contribution in [0, 0.1) is 0 Å². The van der Waals surface area contributed by atoms with Crippen LogP contribution >= 0.6 is 0 Å². The summed E-state index contributed by atoms with van der Waals surface area (Å²) in [4.78, 5) is 0. The van der Waals surface area contributed by atoms with E-state index in [2.05, 4.69) is 0 Å². The quantitative estimate of drug-likeness (QED) is 0.414. The van der Waals surface area contributed by atoms with Crippen molar-refractivity contribution in [3.05, 3.63) is 12.2 Å². The van der Waals surface area contributed by atoms with Gasteiger partial charge in [0, 0.05) is 0 Å². The van der Waals surface area contributed by atoms with Gasteiger partial charge in [0.1, 0.15) is 12.2 Å². The maximum absolute atomic E-state index is 8.98. The lowest BCUT2D eigenvalue weighted by atomic mass is 10.2. The average molecular weight is 114 g/mol. The van der Waals surface area contributed by atoms with E-state index in [0.717, 1.165) is 0 Å². The Hall–Kier alpha value is -0.340. The van der Waals surface area contributed by atoms with E-state index in [1.54, 1.807) is 6.08 Å². The largest absolute Gasteiger partial charge is 0.386 e. The van der Waals surface area contributed by atoms with Crippen molar-refractivity contribution < 1.29 is 9.84 Å². The van der Waals surface area contributed by atoms with Crippen molar-refractivity contribution in [3.8, 4) is 0 Å². The van der Waals surface area contributed by atoms with Crippen molar-refractivity contribution >= 4 is 0 Å². The number of epoxide rings is 1. The van der Waals surface area contributed by atoms with E-state index in [0.29, 0.717) is 6.61 Å². The zero-order valence-electron chi connectivity index (χ0n) is 4.87. The lowest BCUT2D eigenvalue weighted by molar-refractivity contribution is 0.178. The second-order valence-electron chi connectivity index (χ2n) is 1.89. The molecule has 0 aromatic heterocycles. The van der Waals surface area contributed by atoms with Gasteiger partial charge in [-0.2, -0.15) is 0 Å². The molecule has 46 valence electrons. The molecule has 0 amide bonds.